The van der Waals surface area contributed by atoms with Crippen LogP contribution in [0.15, 0.2) is 47.6 Å². The van der Waals surface area contributed by atoms with Gasteiger partial charge in [0.15, 0.2) is 0 Å². The lowest BCUT2D eigenvalue weighted by atomic mass is 10.1. The summed E-state index contributed by atoms with van der Waals surface area (Å²) in [6, 6.07) is 9.86. The molecular formula is C15H13ClN4O3S. The van der Waals surface area contributed by atoms with Crippen LogP contribution in [-0.4, -0.2) is 24.3 Å². The molecule has 0 aliphatic rings. The number of aromatic amines is 1. The van der Waals surface area contributed by atoms with Crippen molar-refractivity contribution < 1.29 is 13.2 Å². The molecule has 0 saturated carbocycles. The van der Waals surface area contributed by atoms with Crippen molar-refractivity contribution in [3.05, 3.63) is 53.3 Å². The summed E-state index contributed by atoms with van der Waals surface area (Å²) in [5.41, 5.74) is 1.65. The van der Waals surface area contributed by atoms with Crippen LogP contribution in [0.4, 0.5) is 5.69 Å². The van der Waals surface area contributed by atoms with Gasteiger partial charge in [-0.25, -0.2) is 18.5 Å². The Kier molecular flexibility index (Phi) is 4.27. The second-order valence-corrected chi connectivity index (χ2v) is 7.07. The van der Waals surface area contributed by atoms with Crippen LogP contribution in [0.2, 0.25) is 5.02 Å². The van der Waals surface area contributed by atoms with Gasteiger partial charge in [-0.05, 0) is 23.8 Å². The van der Waals surface area contributed by atoms with E-state index in [2.05, 4.69) is 15.3 Å². The number of benzene rings is 2. The maximum absolute atomic E-state index is 12.2. The predicted molar refractivity (Wildman–Crippen MR) is 91.3 cm³/mol. The van der Waals surface area contributed by atoms with Crippen LogP contribution in [0.5, 0.6) is 0 Å². The van der Waals surface area contributed by atoms with E-state index in [1.165, 1.54) is 12.4 Å². The number of anilines is 1. The summed E-state index contributed by atoms with van der Waals surface area (Å²) in [7, 11) is -3.98. The van der Waals surface area contributed by atoms with E-state index in [4.69, 9.17) is 16.7 Å². The average Bonchev–Trinajstić information content (AvgIpc) is 2.96. The number of H-pyrrole nitrogens is 1. The van der Waals surface area contributed by atoms with Crippen molar-refractivity contribution in [3.8, 4) is 0 Å². The van der Waals surface area contributed by atoms with Crippen LogP contribution in [0.3, 0.4) is 0 Å². The second-order valence-electron chi connectivity index (χ2n) is 5.13. The largest absolute Gasteiger partial charge is 0.344 e. The SMILES string of the molecule is NS(=O)(=O)c1cc(NC(=O)Cc2ccccc2Cl)cc2[nH]cnc12. The van der Waals surface area contributed by atoms with E-state index in [1.807, 2.05) is 0 Å². The number of fused-ring (bicyclic) bond motifs is 1. The van der Waals surface area contributed by atoms with Crippen LogP contribution >= 0.6 is 11.6 Å². The molecule has 0 fully saturated rings. The van der Waals surface area contributed by atoms with Crippen LogP contribution in [0.1, 0.15) is 5.56 Å². The van der Waals surface area contributed by atoms with Gasteiger partial charge < -0.3 is 10.3 Å². The molecule has 0 saturated heterocycles. The molecule has 2 aromatic carbocycles. The molecule has 0 aliphatic carbocycles. The first kappa shape index (κ1) is 16.4. The number of primary sulfonamides is 1. The Balaban J connectivity index is 1.90. The fraction of sp³-hybridized carbons (Fsp3) is 0.0667. The van der Waals surface area contributed by atoms with Crippen molar-refractivity contribution in [2.24, 2.45) is 5.14 Å². The zero-order valence-corrected chi connectivity index (χ0v) is 13.9. The molecule has 7 nitrogen and oxygen atoms in total. The Labute approximate surface area is 142 Å². The summed E-state index contributed by atoms with van der Waals surface area (Å²) < 4.78 is 23.4. The van der Waals surface area contributed by atoms with Crippen molar-refractivity contribution in [1.29, 1.82) is 0 Å². The highest BCUT2D eigenvalue weighted by atomic mass is 35.5. The molecule has 1 heterocycles. The van der Waals surface area contributed by atoms with E-state index in [9.17, 15) is 13.2 Å². The number of aromatic nitrogens is 2. The van der Waals surface area contributed by atoms with Gasteiger partial charge in [0.25, 0.3) is 0 Å². The Morgan fingerprint density at radius 1 is 1.29 bits per heavy atom. The molecule has 0 bridgehead atoms. The van der Waals surface area contributed by atoms with Crippen LogP contribution in [-0.2, 0) is 21.2 Å². The highest BCUT2D eigenvalue weighted by Crippen LogP contribution is 2.24. The topological polar surface area (TPSA) is 118 Å². The number of carbonyl (C=O) groups is 1. The van der Waals surface area contributed by atoms with E-state index < -0.39 is 10.0 Å². The molecule has 9 heteroatoms. The minimum absolute atomic E-state index is 0.0609. The van der Waals surface area contributed by atoms with Gasteiger partial charge in [-0.2, -0.15) is 0 Å². The molecule has 1 amide bonds. The number of hydrogen-bond donors (Lipinski definition) is 3. The molecule has 3 rings (SSSR count). The number of nitrogens with one attached hydrogen (secondary N) is 2. The molecular weight excluding hydrogens is 352 g/mol. The minimum Gasteiger partial charge on any atom is -0.344 e. The zero-order chi connectivity index (χ0) is 17.3. The van der Waals surface area contributed by atoms with Crippen molar-refractivity contribution in [2.75, 3.05) is 5.32 Å². The molecule has 4 N–H and O–H groups in total. The van der Waals surface area contributed by atoms with Gasteiger partial charge in [0, 0.05) is 10.7 Å². The fourth-order valence-electron chi connectivity index (χ4n) is 2.33. The van der Waals surface area contributed by atoms with Crippen molar-refractivity contribution in [3.63, 3.8) is 0 Å². The number of rotatable bonds is 4. The quantitative estimate of drug-likeness (QED) is 0.656. The number of amides is 1. The summed E-state index contributed by atoms with van der Waals surface area (Å²) in [6.07, 6.45) is 1.42. The van der Waals surface area contributed by atoms with E-state index in [-0.39, 0.29) is 22.7 Å². The third-order valence-corrected chi connectivity index (χ3v) is 4.68. The summed E-state index contributed by atoms with van der Waals surface area (Å²) in [5, 5.41) is 8.35. The highest BCUT2D eigenvalue weighted by Gasteiger charge is 2.17. The number of halogens is 1. The standard InChI is InChI=1S/C15H13ClN4O3S/c16-11-4-2-1-3-9(11)5-14(21)20-10-6-12-15(19-8-18-12)13(7-10)24(17,22)23/h1-4,6-8H,5H2,(H,18,19)(H,20,21)(H2,17,22,23). The normalized spacial score (nSPS) is 11.6. The Bertz CT molecular complexity index is 1030. The maximum Gasteiger partial charge on any atom is 0.240 e. The number of hydrogen-bond acceptors (Lipinski definition) is 4. The fourth-order valence-corrected chi connectivity index (χ4v) is 3.25. The third kappa shape index (κ3) is 3.40. The molecule has 124 valence electrons. The average molecular weight is 365 g/mol. The predicted octanol–water partition coefficient (Wildman–Crippen LogP) is 2.04. The summed E-state index contributed by atoms with van der Waals surface area (Å²) in [5.74, 6) is -0.331. The minimum atomic E-state index is -3.98. The monoisotopic (exact) mass is 364 g/mol. The number of nitrogens with zero attached hydrogens (tertiary/aromatic N) is 1. The van der Waals surface area contributed by atoms with E-state index in [1.54, 1.807) is 30.3 Å². The second kappa shape index (κ2) is 6.23. The Hall–Kier alpha value is -2.42. The number of carbonyl (C=O) groups excluding carboxylic acids is 1. The lowest BCUT2D eigenvalue weighted by molar-refractivity contribution is -0.115. The zero-order valence-electron chi connectivity index (χ0n) is 12.3. The number of nitrogens with two attached hydrogens (primary N) is 1. The summed E-state index contributed by atoms with van der Waals surface area (Å²) in [6.45, 7) is 0. The number of imidazole rings is 1. The van der Waals surface area contributed by atoms with Gasteiger partial charge in [0.05, 0.1) is 18.3 Å². The summed E-state index contributed by atoms with van der Waals surface area (Å²) >= 11 is 6.03. The molecule has 3 aromatic rings. The van der Waals surface area contributed by atoms with Crippen LogP contribution < -0.4 is 10.5 Å². The van der Waals surface area contributed by atoms with Crippen molar-refractivity contribution in [1.82, 2.24) is 9.97 Å². The first-order valence-electron chi connectivity index (χ1n) is 6.88. The highest BCUT2D eigenvalue weighted by molar-refractivity contribution is 7.89. The summed E-state index contributed by atoms with van der Waals surface area (Å²) in [4.78, 5) is 18.8. The number of sulfonamides is 1. The Morgan fingerprint density at radius 3 is 2.75 bits per heavy atom. The molecule has 0 atom stereocenters. The molecule has 0 unspecified atom stereocenters. The first-order chi connectivity index (χ1) is 11.3. The van der Waals surface area contributed by atoms with E-state index >= 15 is 0 Å². The lowest BCUT2D eigenvalue weighted by Crippen LogP contribution is -2.17. The van der Waals surface area contributed by atoms with Crippen molar-refractivity contribution in [2.45, 2.75) is 11.3 Å². The van der Waals surface area contributed by atoms with Crippen LogP contribution in [0, 0.1) is 0 Å². The van der Waals surface area contributed by atoms with Crippen molar-refractivity contribution >= 4 is 44.3 Å². The first-order valence-corrected chi connectivity index (χ1v) is 8.80. The molecule has 1 aromatic heterocycles. The molecule has 0 spiro atoms. The third-order valence-electron chi connectivity index (χ3n) is 3.39. The molecule has 0 radical (unpaired) electrons. The van der Waals surface area contributed by atoms with Gasteiger partial charge in [0.2, 0.25) is 15.9 Å². The van der Waals surface area contributed by atoms with Gasteiger partial charge in [-0.1, -0.05) is 29.8 Å². The van der Waals surface area contributed by atoms with Gasteiger partial charge in [0.1, 0.15) is 10.4 Å². The molecule has 24 heavy (non-hydrogen) atoms. The molecule has 0 aliphatic heterocycles. The smallest absolute Gasteiger partial charge is 0.240 e. The lowest BCUT2D eigenvalue weighted by Gasteiger charge is -2.08. The van der Waals surface area contributed by atoms with Gasteiger partial charge in [-0.3, -0.25) is 4.79 Å². The van der Waals surface area contributed by atoms with Gasteiger partial charge >= 0.3 is 0 Å². The van der Waals surface area contributed by atoms with Crippen LogP contribution in [0.25, 0.3) is 11.0 Å². The van der Waals surface area contributed by atoms with Gasteiger partial charge in [-0.15, -0.1) is 0 Å². The maximum atomic E-state index is 12.2. The Morgan fingerprint density at radius 2 is 2.04 bits per heavy atom. The van der Waals surface area contributed by atoms with E-state index in [0.29, 0.717) is 21.8 Å². The van der Waals surface area contributed by atoms with E-state index in [0.717, 1.165) is 0 Å².